The molecule has 0 saturated carbocycles. The molecule has 0 fully saturated rings. The van der Waals surface area contributed by atoms with Gasteiger partial charge >= 0.3 is 0 Å². The van der Waals surface area contributed by atoms with Gasteiger partial charge in [0.2, 0.25) is 0 Å². The summed E-state index contributed by atoms with van der Waals surface area (Å²) in [6.45, 7) is 5.94. The minimum Gasteiger partial charge on any atom is -0.275 e. The molecule has 1 unspecified atom stereocenters. The number of carbonyl (C=O) groups is 4. The third-order valence-electron chi connectivity index (χ3n) is 3.95. The molecule has 0 aromatic rings. The fraction of sp³-hybridized carbons (Fsp3) is 0.500. The zero-order valence-electron chi connectivity index (χ0n) is 13.1. The van der Waals surface area contributed by atoms with E-state index in [0.717, 1.165) is 6.42 Å². The second kappa shape index (κ2) is 6.25. The molecule has 118 valence electrons. The number of carbonyl (C=O) groups excluding carboxylic acids is 4. The number of hydrogen-bond acceptors (Lipinski definition) is 4. The minimum absolute atomic E-state index is 0.120. The molecule has 1 atom stereocenters. The predicted molar refractivity (Wildman–Crippen MR) is 79.4 cm³/mol. The Morgan fingerprint density at radius 2 is 1.41 bits per heavy atom. The molecule has 0 aliphatic carbocycles. The highest BCUT2D eigenvalue weighted by Crippen LogP contribution is 2.18. The van der Waals surface area contributed by atoms with Crippen molar-refractivity contribution in [3.8, 4) is 0 Å². The molecule has 0 radical (unpaired) electrons. The SMILES string of the molecule is CC1=CC(=O)N(CCCC(C)CN2C(=O)C=C(C)C2=O)C1=O. The lowest BCUT2D eigenvalue weighted by atomic mass is 10.0. The Hall–Kier alpha value is -2.24. The first-order valence-corrected chi connectivity index (χ1v) is 7.39. The van der Waals surface area contributed by atoms with Crippen LogP contribution in [0.25, 0.3) is 0 Å². The van der Waals surface area contributed by atoms with Crippen LogP contribution in [-0.2, 0) is 19.2 Å². The number of rotatable bonds is 6. The van der Waals surface area contributed by atoms with Gasteiger partial charge in [0, 0.05) is 36.4 Å². The van der Waals surface area contributed by atoms with E-state index in [1.807, 2.05) is 6.92 Å². The normalized spacial score (nSPS) is 20.0. The summed E-state index contributed by atoms with van der Waals surface area (Å²) in [7, 11) is 0. The zero-order chi connectivity index (χ0) is 16.4. The van der Waals surface area contributed by atoms with E-state index in [-0.39, 0.29) is 29.5 Å². The topological polar surface area (TPSA) is 74.8 Å². The van der Waals surface area contributed by atoms with Crippen molar-refractivity contribution in [1.82, 2.24) is 9.80 Å². The third kappa shape index (κ3) is 3.16. The van der Waals surface area contributed by atoms with Crippen LogP contribution in [0.15, 0.2) is 23.3 Å². The molecule has 2 heterocycles. The van der Waals surface area contributed by atoms with E-state index in [9.17, 15) is 19.2 Å². The number of amides is 4. The Balaban J connectivity index is 1.76. The molecule has 0 spiro atoms. The zero-order valence-corrected chi connectivity index (χ0v) is 13.1. The molecule has 0 N–H and O–H groups in total. The molecule has 0 saturated heterocycles. The van der Waals surface area contributed by atoms with Crippen LogP contribution < -0.4 is 0 Å². The lowest BCUT2D eigenvalue weighted by Gasteiger charge is -2.20. The van der Waals surface area contributed by atoms with Gasteiger partial charge in [0.15, 0.2) is 0 Å². The van der Waals surface area contributed by atoms with Crippen molar-refractivity contribution in [3.05, 3.63) is 23.3 Å². The molecule has 2 aliphatic heterocycles. The van der Waals surface area contributed by atoms with Gasteiger partial charge < -0.3 is 0 Å². The summed E-state index contributed by atoms with van der Waals surface area (Å²) in [4.78, 5) is 49.3. The second-order valence-electron chi connectivity index (χ2n) is 5.95. The molecule has 2 rings (SSSR count). The molecule has 22 heavy (non-hydrogen) atoms. The summed E-state index contributed by atoms with van der Waals surface area (Å²) >= 11 is 0. The van der Waals surface area contributed by atoms with Gasteiger partial charge in [0.05, 0.1) is 0 Å². The third-order valence-corrected chi connectivity index (χ3v) is 3.95. The molecule has 0 bridgehead atoms. The second-order valence-corrected chi connectivity index (χ2v) is 5.95. The maximum atomic E-state index is 11.8. The van der Waals surface area contributed by atoms with Crippen LogP contribution in [0, 0.1) is 5.92 Å². The summed E-state index contributed by atoms with van der Waals surface area (Å²) in [6, 6.07) is 0. The first-order chi connectivity index (χ1) is 10.3. The van der Waals surface area contributed by atoms with Gasteiger partial charge in [0.1, 0.15) is 0 Å². The molecular formula is C16H20N2O4. The summed E-state index contributed by atoms with van der Waals surface area (Å²) in [5.41, 5.74) is 0.930. The predicted octanol–water partition coefficient (Wildman–Crippen LogP) is 1.03. The lowest BCUT2D eigenvalue weighted by molar-refractivity contribution is -0.138. The van der Waals surface area contributed by atoms with E-state index in [2.05, 4.69) is 0 Å². The van der Waals surface area contributed by atoms with Crippen LogP contribution in [0.2, 0.25) is 0 Å². The molecule has 6 heteroatoms. The average molecular weight is 304 g/mol. The van der Waals surface area contributed by atoms with E-state index < -0.39 is 0 Å². The van der Waals surface area contributed by atoms with Gasteiger partial charge in [-0.3, -0.25) is 29.0 Å². The Morgan fingerprint density at radius 3 is 1.86 bits per heavy atom. The Labute approximate surface area is 129 Å². The van der Waals surface area contributed by atoms with Gasteiger partial charge in [-0.2, -0.15) is 0 Å². The lowest BCUT2D eigenvalue weighted by Crippen LogP contribution is -2.35. The van der Waals surface area contributed by atoms with Gasteiger partial charge in [0.25, 0.3) is 23.6 Å². The van der Waals surface area contributed by atoms with Crippen molar-refractivity contribution in [2.45, 2.75) is 33.6 Å². The molecule has 4 amide bonds. The number of nitrogens with zero attached hydrogens (tertiary/aromatic N) is 2. The fourth-order valence-corrected chi connectivity index (χ4v) is 2.66. The van der Waals surface area contributed by atoms with E-state index >= 15 is 0 Å². The van der Waals surface area contributed by atoms with E-state index in [4.69, 9.17) is 0 Å². The summed E-state index contributed by atoms with van der Waals surface area (Å²) in [5, 5.41) is 0. The maximum Gasteiger partial charge on any atom is 0.256 e. The van der Waals surface area contributed by atoms with Crippen molar-refractivity contribution < 1.29 is 19.2 Å². The van der Waals surface area contributed by atoms with Gasteiger partial charge in [-0.15, -0.1) is 0 Å². The Bertz CT molecular complexity index is 603. The molecule has 2 aliphatic rings. The van der Waals surface area contributed by atoms with E-state index in [1.54, 1.807) is 13.8 Å². The van der Waals surface area contributed by atoms with Crippen molar-refractivity contribution in [2.75, 3.05) is 13.1 Å². The largest absolute Gasteiger partial charge is 0.275 e. The van der Waals surface area contributed by atoms with Crippen molar-refractivity contribution >= 4 is 23.6 Å². The van der Waals surface area contributed by atoms with Crippen LogP contribution in [0.5, 0.6) is 0 Å². The molecule has 0 aromatic heterocycles. The van der Waals surface area contributed by atoms with Crippen LogP contribution in [-0.4, -0.2) is 46.5 Å². The summed E-state index contributed by atoms with van der Waals surface area (Å²) in [6.07, 6.45) is 4.08. The highest BCUT2D eigenvalue weighted by molar-refractivity contribution is 6.16. The number of imide groups is 2. The summed E-state index contributed by atoms with van der Waals surface area (Å²) in [5.74, 6) is -0.878. The maximum absolute atomic E-state index is 11.8. The number of hydrogen-bond donors (Lipinski definition) is 0. The smallest absolute Gasteiger partial charge is 0.256 e. The average Bonchev–Trinajstić information content (AvgIpc) is 2.82. The van der Waals surface area contributed by atoms with E-state index in [1.165, 1.54) is 22.0 Å². The van der Waals surface area contributed by atoms with Gasteiger partial charge in [-0.05, 0) is 32.6 Å². The highest BCUT2D eigenvalue weighted by Gasteiger charge is 2.30. The van der Waals surface area contributed by atoms with Crippen LogP contribution >= 0.6 is 0 Å². The first kappa shape index (κ1) is 16.1. The van der Waals surface area contributed by atoms with Crippen molar-refractivity contribution in [3.63, 3.8) is 0 Å². The molecule has 6 nitrogen and oxygen atoms in total. The summed E-state index contributed by atoms with van der Waals surface area (Å²) < 4.78 is 0. The molecule has 0 aromatic carbocycles. The van der Waals surface area contributed by atoms with Crippen molar-refractivity contribution in [2.24, 2.45) is 5.92 Å². The van der Waals surface area contributed by atoms with Crippen molar-refractivity contribution in [1.29, 1.82) is 0 Å². The van der Waals surface area contributed by atoms with Gasteiger partial charge in [-0.1, -0.05) is 6.92 Å². The minimum atomic E-state index is -0.265. The van der Waals surface area contributed by atoms with Crippen LogP contribution in [0.1, 0.15) is 33.6 Å². The highest BCUT2D eigenvalue weighted by atomic mass is 16.2. The Morgan fingerprint density at radius 1 is 0.909 bits per heavy atom. The standard InChI is InChI=1S/C16H20N2O4/c1-10(9-18-14(20)8-12(3)16(18)22)5-4-6-17-13(19)7-11(2)15(17)21/h7-8,10H,4-6,9H2,1-3H3. The monoisotopic (exact) mass is 304 g/mol. The van der Waals surface area contributed by atoms with Crippen LogP contribution in [0.3, 0.4) is 0 Å². The quantitative estimate of drug-likeness (QED) is 0.687. The van der Waals surface area contributed by atoms with Gasteiger partial charge in [-0.25, -0.2) is 0 Å². The molecular weight excluding hydrogens is 284 g/mol. The fourth-order valence-electron chi connectivity index (χ4n) is 2.66. The first-order valence-electron chi connectivity index (χ1n) is 7.39. The van der Waals surface area contributed by atoms with Crippen LogP contribution in [0.4, 0.5) is 0 Å². The van der Waals surface area contributed by atoms with E-state index in [0.29, 0.717) is 30.7 Å². The Kier molecular flexibility index (Phi) is 4.59.